The van der Waals surface area contributed by atoms with Crippen LogP contribution in [0.3, 0.4) is 0 Å². The molecule has 1 saturated heterocycles. The normalized spacial score (nSPS) is 16.5. The summed E-state index contributed by atoms with van der Waals surface area (Å²) >= 11 is 5.87. The van der Waals surface area contributed by atoms with Crippen LogP contribution in [0.5, 0.6) is 0 Å². The molecule has 142 valence electrons. The molecule has 1 unspecified atom stereocenters. The number of aryl methyl sites for hydroxylation is 1. The maximum Gasteiger partial charge on any atom is 0.341 e. The van der Waals surface area contributed by atoms with Gasteiger partial charge in [-0.05, 0) is 37.3 Å². The quantitative estimate of drug-likeness (QED) is 0.793. The first-order valence-electron chi connectivity index (χ1n) is 8.40. The van der Waals surface area contributed by atoms with Crippen LogP contribution in [0.15, 0.2) is 34.7 Å². The van der Waals surface area contributed by atoms with Crippen LogP contribution in [0.4, 0.5) is 5.69 Å². The number of benzene rings is 1. The van der Waals surface area contributed by atoms with Crippen LogP contribution < -0.4 is 10.2 Å². The Labute approximate surface area is 161 Å². The Bertz CT molecular complexity index is 875. The van der Waals surface area contributed by atoms with Crippen molar-refractivity contribution in [1.29, 1.82) is 0 Å². The summed E-state index contributed by atoms with van der Waals surface area (Å²) in [5.74, 6) is -0.429. The molecule has 0 saturated carbocycles. The number of carbonyl (C=O) groups excluding carboxylic acids is 3. The molecule has 0 spiro atoms. The average Bonchev–Trinajstić information content (AvgIpc) is 3.22. The summed E-state index contributed by atoms with van der Waals surface area (Å²) in [7, 11) is 1.29. The smallest absolute Gasteiger partial charge is 0.341 e. The van der Waals surface area contributed by atoms with Crippen molar-refractivity contribution in [2.24, 2.45) is 5.92 Å². The number of nitrogens with one attached hydrogen (secondary N) is 1. The van der Waals surface area contributed by atoms with E-state index in [4.69, 9.17) is 16.0 Å². The Hall–Kier alpha value is -2.80. The minimum absolute atomic E-state index is 0.112. The third-order valence-electron chi connectivity index (χ3n) is 4.45. The van der Waals surface area contributed by atoms with Crippen molar-refractivity contribution < 1.29 is 23.5 Å². The molecule has 0 bridgehead atoms. The highest BCUT2D eigenvalue weighted by Crippen LogP contribution is 2.26. The van der Waals surface area contributed by atoms with Gasteiger partial charge in [0.1, 0.15) is 17.1 Å². The van der Waals surface area contributed by atoms with Gasteiger partial charge in [-0.1, -0.05) is 11.6 Å². The predicted octanol–water partition coefficient (Wildman–Crippen LogP) is 2.70. The lowest BCUT2D eigenvalue weighted by Gasteiger charge is -2.16. The molecule has 7 nitrogen and oxygen atoms in total. The zero-order chi connectivity index (χ0) is 19.6. The minimum atomic E-state index is -0.492. The topological polar surface area (TPSA) is 88.8 Å². The van der Waals surface area contributed by atoms with E-state index in [2.05, 4.69) is 10.1 Å². The van der Waals surface area contributed by atoms with Crippen molar-refractivity contribution in [3.05, 3.63) is 52.4 Å². The van der Waals surface area contributed by atoms with E-state index in [1.807, 2.05) is 0 Å². The second-order valence-electron chi connectivity index (χ2n) is 6.27. The van der Waals surface area contributed by atoms with E-state index >= 15 is 0 Å². The zero-order valence-corrected chi connectivity index (χ0v) is 15.7. The summed E-state index contributed by atoms with van der Waals surface area (Å²) in [5, 5.41) is 3.34. The SMILES string of the molecule is COC(=O)c1cc(CNC(=O)C2CC(=O)N(c3ccc(Cl)cc3)C2)oc1C. The van der Waals surface area contributed by atoms with E-state index in [9.17, 15) is 14.4 Å². The van der Waals surface area contributed by atoms with Crippen molar-refractivity contribution in [3.63, 3.8) is 0 Å². The molecule has 1 aliphatic heterocycles. The Kier molecular flexibility index (Phi) is 5.51. The molecule has 2 aromatic rings. The number of anilines is 1. The van der Waals surface area contributed by atoms with Gasteiger partial charge in [0, 0.05) is 23.7 Å². The van der Waals surface area contributed by atoms with Crippen LogP contribution in [-0.2, 0) is 20.9 Å². The summed E-state index contributed by atoms with van der Waals surface area (Å²) in [6, 6.07) is 8.45. The fraction of sp³-hybridized carbons (Fsp3) is 0.316. The number of amides is 2. The highest BCUT2D eigenvalue weighted by molar-refractivity contribution is 6.30. The van der Waals surface area contributed by atoms with Crippen molar-refractivity contribution in [3.8, 4) is 0 Å². The lowest BCUT2D eigenvalue weighted by molar-refractivity contribution is -0.126. The van der Waals surface area contributed by atoms with Crippen LogP contribution in [0.1, 0.15) is 28.3 Å². The van der Waals surface area contributed by atoms with Gasteiger partial charge in [0.15, 0.2) is 0 Å². The number of ether oxygens (including phenoxy) is 1. The van der Waals surface area contributed by atoms with Crippen molar-refractivity contribution in [1.82, 2.24) is 5.32 Å². The molecule has 8 heteroatoms. The van der Waals surface area contributed by atoms with Gasteiger partial charge in [-0.25, -0.2) is 4.79 Å². The largest absolute Gasteiger partial charge is 0.465 e. The molecule has 2 heterocycles. The molecule has 27 heavy (non-hydrogen) atoms. The first-order chi connectivity index (χ1) is 12.9. The molecule has 2 amide bonds. The van der Waals surface area contributed by atoms with E-state index < -0.39 is 11.9 Å². The van der Waals surface area contributed by atoms with Crippen molar-refractivity contribution in [2.45, 2.75) is 19.9 Å². The highest BCUT2D eigenvalue weighted by Gasteiger charge is 2.35. The fourth-order valence-electron chi connectivity index (χ4n) is 3.02. The molecule has 3 rings (SSSR count). The standard InChI is InChI=1S/C19H19ClN2O5/c1-11-16(19(25)26-2)8-15(27-11)9-21-18(24)12-7-17(23)22(10-12)14-5-3-13(20)4-6-14/h3-6,8,12H,7,9-10H2,1-2H3,(H,21,24). The van der Waals surface area contributed by atoms with E-state index in [0.717, 1.165) is 0 Å². The number of hydrogen-bond donors (Lipinski definition) is 1. The Morgan fingerprint density at radius 1 is 1.33 bits per heavy atom. The third-order valence-corrected chi connectivity index (χ3v) is 4.70. The number of halogens is 1. The third kappa shape index (κ3) is 4.14. The van der Waals surface area contributed by atoms with Gasteiger partial charge in [-0.2, -0.15) is 0 Å². The second kappa shape index (κ2) is 7.84. The summed E-state index contributed by atoms with van der Waals surface area (Å²) in [5.41, 5.74) is 1.04. The van der Waals surface area contributed by atoms with Crippen LogP contribution in [0.25, 0.3) is 0 Å². The molecule has 1 aromatic carbocycles. The number of methoxy groups -OCH3 is 1. The van der Waals surface area contributed by atoms with Gasteiger partial charge in [0.05, 0.1) is 19.6 Å². The molecular weight excluding hydrogens is 372 g/mol. The molecule has 0 aliphatic carbocycles. The number of rotatable bonds is 5. The van der Waals surface area contributed by atoms with Crippen LogP contribution in [0.2, 0.25) is 5.02 Å². The minimum Gasteiger partial charge on any atom is -0.465 e. The Balaban J connectivity index is 1.60. The van der Waals surface area contributed by atoms with E-state index in [0.29, 0.717) is 34.3 Å². The number of hydrogen-bond acceptors (Lipinski definition) is 5. The number of nitrogens with zero attached hydrogens (tertiary/aromatic N) is 1. The van der Waals surface area contributed by atoms with Gasteiger partial charge in [-0.3, -0.25) is 9.59 Å². The van der Waals surface area contributed by atoms with Gasteiger partial charge < -0.3 is 19.4 Å². The highest BCUT2D eigenvalue weighted by atomic mass is 35.5. The van der Waals surface area contributed by atoms with Crippen LogP contribution in [0, 0.1) is 12.8 Å². The zero-order valence-electron chi connectivity index (χ0n) is 15.0. The Morgan fingerprint density at radius 3 is 2.70 bits per heavy atom. The average molecular weight is 391 g/mol. The number of esters is 1. The van der Waals surface area contributed by atoms with E-state index in [-0.39, 0.29) is 24.8 Å². The lowest BCUT2D eigenvalue weighted by atomic mass is 10.1. The summed E-state index contributed by atoms with van der Waals surface area (Å²) in [6.45, 7) is 2.08. The van der Waals surface area contributed by atoms with E-state index in [1.54, 1.807) is 42.2 Å². The van der Waals surface area contributed by atoms with Gasteiger partial charge in [-0.15, -0.1) is 0 Å². The molecular formula is C19H19ClN2O5. The molecule has 1 aliphatic rings. The molecule has 1 N–H and O–H groups in total. The maximum atomic E-state index is 12.4. The van der Waals surface area contributed by atoms with Gasteiger partial charge in [0.25, 0.3) is 0 Å². The van der Waals surface area contributed by atoms with E-state index in [1.165, 1.54) is 7.11 Å². The number of furan rings is 1. The molecule has 0 radical (unpaired) electrons. The van der Waals surface area contributed by atoms with Crippen LogP contribution in [-0.4, -0.2) is 31.4 Å². The monoisotopic (exact) mass is 390 g/mol. The van der Waals surface area contributed by atoms with Crippen molar-refractivity contribution in [2.75, 3.05) is 18.6 Å². The Morgan fingerprint density at radius 2 is 2.04 bits per heavy atom. The first kappa shape index (κ1) is 19.0. The fourth-order valence-corrected chi connectivity index (χ4v) is 3.14. The first-order valence-corrected chi connectivity index (χ1v) is 8.78. The second-order valence-corrected chi connectivity index (χ2v) is 6.71. The van der Waals surface area contributed by atoms with Gasteiger partial charge >= 0.3 is 5.97 Å². The molecule has 1 aromatic heterocycles. The maximum absolute atomic E-state index is 12.4. The van der Waals surface area contributed by atoms with Crippen molar-refractivity contribution >= 4 is 35.1 Å². The summed E-state index contributed by atoms with van der Waals surface area (Å²) in [6.07, 6.45) is 0.138. The van der Waals surface area contributed by atoms with Gasteiger partial charge in [0.2, 0.25) is 11.8 Å². The molecule has 1 fully saturated rings. The summed E-state index contributed by atoms with van der Waals surface area (Å²) in [4.78, 5) is 37.9. The molecule has 1 atom stereocenters. The predicted molar refractivity (Wildman–Crippen MR) is 98.5 cm³/mol. The number of carbonyl (C=O) groups is 3. The summed E-state index contributed by atoms with van der Waals surface area (Å²) < 4.78 is 10.1. The van der Waals surface area contributed by atoms with Crippen LogP contribution >= 0.6 is 11.6 Å². The lowest BCUT2D eigenvalue weighted by Crippen LogP contribution is -2.32.